The highest BCUT2D eigenvalue weighted by molar-refractivity contribution is 7.09. The fourth-order valence-corrected chi connectivity index (χ4v) is 1.99. The summed E-state index contributed by atoms with van der Waals surface area (Å²) in [6, 6.07) is -1.17. The van der Waals surface area contributed by atoms with Gasteiger partial charge in [0.25, 0.3) is 0 Å². The average Bonchev–Trinajstić information content (AvgIpc) is 2.78. The molecular weight excluding hydrogens is 254 g/mol. The zero-order chi connectivity index (χ0) is 13.7. The molecule has 0 spiro atoms. The SMILES string of the molecule is C#CCC(N)C(=O)NC(C)c1nc(C(=O)O)cs1. The lowest BCUT2D eigenvalue weighted by atomic mass is 10.2. The van der Waals surface area contributed by atoms with Crippen LogP contribution < -0.4 is 11.1 Å². The summed E-state index contributed by atoms with van der Waals surface area (Å²) >= 11 is 1.17. The second kappa shape index (κ2) is 6.14. The fourth-order valence-electron chi connectivity index (χ4n) is 1.19. The molecule has 0 saturated carbocycles. The maximum Gasteiger partial charge on any atom is 0.355 e. The van der Waals surface area contributed by atoms with Gasteiger partial charge in [-0.25, -0.2) is 9.78 Å². The summed E-state index contributed by atoms with van der Waals surface area (Å²) in [6.07, 6.45) is 5.21. The Bertz CT molecular complexity index is 492. The highest BCUT2D eigenvalue weighted by Crippen LogP contribution is 2.18. The molecule has 0 saturated heterocycles. The molecule has 1 rings (SSSR count). The first-order valence-electron chi connectivity index (χ1n) is 5.13. The molecular formula is C11H13N3O3S. The molecule has 0 aliphatic carbocycles. The van der Waals surface area contributed by atoms with Crippen molar-refractivity contribution < 1.29 is 14.7 Å². The van der Waals surface area contributed by atoms with Gasteiger partial charge in [-0.15, -0.1) is 23.7 Å². The molecule has 96 valence electrons. The summed E-state index contributed by atoms with van der Waals surface area (Å²) in [4.78, 5) is 26.1. The van der Waals surface area contributed by atoms with Crippen LogP contribution in [0.25, 0.3) is 0 Å². The van der Waals surface area contributed by atoms with Crippen LogP contribution in [0.5, 0.6) is 0 Å². The number of amides is 1. The van der Waals surface area contributed by atoms with Crippen LogP contribution in [0.15, 0.2) is 5.38 Å². The van der Waals surface area contributed by atoms with E-state index >= 15 is 0 Å². The number of hydrogen-bond acceptors (Lipinski definition) is 5. The summed E-state index contributed by atoms with van der Waals surface area (Å²) in [5.41, 5.74) is 5.50. The lowest BCUT2D eigenvalue weighted by molar-refractivity contribution is -0.122. The Hall–Kier alpha value is -1.91. The Morgan fingerprint density at radius 2 is 2.39 bits per heavy atom. The van der Waals surface area contributed by atoms with Crippen LogP contribution in [0.1, 0.15) is 34.9 Å². The highest BCUT2D eigenvalue weighted by Gasteiger charge is 2.18. The van der Waals surface area contributed by atoms with Crippen molar-refractivity contribution in [1.82, 2.24) is 10.3 Å². The number of terminal acetylenes is 1. The third-order valence-electron chi connectivity index (χ3n) is 2.14. The van der Waals surface area contributed by atoms with Gasteiger partial charge in [0.2, 0.25) is 5.91 Å². The quantitative estimate of drug-likeness (QED) is 0.668. The van der Waals surface area contributed by atoms with Crippen LogP contribution in [0.2, 0.25) is 0 Å². The van der Waals surface area contributed by atoms with Crippen molar-refractivity contribution in [2.75, 3.05) is 0 Å². The number of hydrogen-bond donors (Lipinski definition) is 3. The van der Waals surface area contributed by atoms with Gasteiger partial charge in [0.1, 0.15) is 5.01 Å². The minimum Gasteiger partial charge on any atom is -0.476 e. The minimum atomic E-state index is -1.10. The predicted octanol–water partition coefficient (Wildman–Crippen LogP) is 0.369. The Morgan fingerprint density at radius 3 is 2.89 bits per heavy atom. The smallest absolute Gasteiger partial charge is 0.355 e. The van der Waals surface area contributed by atoms with E-state index in [0.29, 0.717) is 5.01 Å². The number of rotatable bonds is 5. The van der Waals surface area contributed by atoms with E-state index in [9.17, 15) is 9.59 Å². The van der Waals surface area contributed by atoms with Crippen LogP contribution >= 0.6 is 11.3 Å². The van der Waals surface area contributed by atoms with Gasteiger partial charge in [-0.05, 0) is 6.92 Å². The third kappa shape index (κ3) is 3.55. The molecule has 1 amide bonds. The Labute approximate surface area is 108 Å². The third-order valence-corrected chi connectivity index (χ3v) is 3.17. The number of nitrogens with one attached hydrogen (secondary N) is 1. The topological polar surface area (TPSA) is 105 Å². The number of carboxylic acid groups (broad SMARTS) is 1. The molecule has 6 nitrogen and oxygen atoms in total. The molecule has 1 heterocycles. The van der Waals surface area contributed by atoms with Crippen LogP contribution in [0, 0.1) is 12.3 Å². The van der Waals surface area contributed by atoms with E-state index in [2.05, 4.69) is 16.2 Å². The first-order valence-corrected chi connectivity index (χ1v) is 6.01. The number of carbonyl (C=O) groups is 2. The van der Waals surface area contributed by atoms with Gasteiger partial charge in [0.15, 0.2) is 5.69 Å². The van der Waals surface area contributed by atoms with Gasteiger partial charge in [0.05, 0.1) is 12.1 Å². The van der Waals surface area contributed by atoms with E-state index in [0.717, 1.165) is 0 Å². The molecule has 1 aromatic heterocycles. The Kier molecular flexibility index (Phi) is 4.83. The van der Waals surface area contributed by atoms with Gasteiger partial charge in [-0.1, -0.05) is 0 Å². The maximum atomic E-state index is 11.6. The molecule has 0 fully saturated rings. The van der Waals surface area contributed by atoms with Crippen molar-refractivity contribution >= 4 is 23.2 Å². The van der Waals surface area contributed by atoms with Crippen LogP contribution in [0.3, 0.4) is 0 Å². The summed E-state index contributed by atoms with van der Waals surface area (Å²) in [7, 11) is 0. The second-order valence-electron chi connectivity index (χ2n) is 3.62. The number of nitrogens with two attached hydrogens (primary N) is 1. The van der Waals surface area contributed by atoms with E-state index in [1.54, 1.807) is 6.92 Å². The number of carbonyl (C=O) groups excluding carboxylic acids is 1. The normalized spacial score (nSPS) is 13.4. The summed E-state index contributed by atoms with van der Waals surface area (Å²) in [5, 5.41) is 13.3. The molecule has 0 aliphatic heterocycles. The molecule has 0 aromatic carbocycles. The van der Waals surface area contributed by atoms with E-state index in [1.807, 2.05) is 0 Å². The fraction of sp³-hybridized carbons (Fsp3) is 0.364. The van der Waals surface area contributed by atoms with Gasteiger partial charge >= 0.3 is 5.97 Å². The molecule has 0 bridgehead atoms. The largest absolute Gasteiger partial charge is 0.476 e. The average molecular weight is 267 g/mol. The van der Waals surface area contributed by atoms with Crippen molar-refractivity contribution in [3.8, 4) is 12.3 Å². The Morgan fingerprint density at radius 1 is 1.72 bits per heavy atom. The first kappa shape index (κ1) is 14.2. The zero-order valence-electron chi connectivity index (χ0n) is 9.71. The van der Waals surface area contributed by atoms with E-state index in [-0.39, 0.29) is 18.0 Å². The molecule has 2 atom stereocenters. The van der Waals surface area contributed by atoms with Crippen molar-refractivity contribution in [2.45, 2.75) is 25.4 Å². The van der Waals surface area contributed by atoms with Crippen molar-refractivity contribution in [1.29, 1.82) is 0 Å². The Balaban J connectivity index is 2.65. The molecule has 18 heavy (non-hydrogen) atoms. The zero-order valence-corrected chi connectivity index (χ0v) is 10.5. The number of aromatic nitrogens is 1. The summed E-state index contributed by atoms with van der Waals surface area (Å²) < 4.78 is 0. The van der Waals surface area contributed by atoms with Gasteiger partial charge in [-0.2, -0.15) is 0 Å². The first-order chi connectivity index (χ1) is 8.45. The van der Waals surface area contributed by atoms with E-state index in [4.69, 9.17) is 17.3 Å². The van der Waals surface area contributed by atoms with Gasteiger partial charge < -0.3 is 16.2 Å². The van der Waals surface area contributed by atoms with Crippen molar-refractivity contribution in [3.05, 3.63) is 16.1 Å². The number of carboxylic acids is 1. The maximum absolute atomic E-state index is 11.6. The predicted molar refractivity (Wildman–Crippen MR) is 67.1 cm³/mol. The van der Waals surface area contributed by atoms with Gasteiger partial charge in [0, 0.05) is 11.8 Å². The van der Waals surface area contributed by atoms with Crippen LogP contribution in [-0.2, 0) is 4.79 Å². The number of nitrogens with zero attached hydrogens (tertiary/aromatic N) is 1. The molecule has 1 aromatic rings. The van der Waals surface area contributed by atoms with Crippen molar-refractivity contribution in [3.63, 3.8) is 0 Å². The highest BCUT2D eigenvalue weighted by atomic mass is 32.1. The minimum absolute atomic E-state index is 0.0379. The second-order valence-corrected chi connectivity index (χ2v) is 4.51. The standard InChI is InChI=1S/C11H13N3O3S/c1-3-4-7(12)9(15)13-6(2)10-14-8(5-18-10)11(16)17/h1,5-7H,4,12H2,2H3,(H,13,15)(H,16,17). The number of thiazole rings is 1. The van der Waals surface area contributed by atoms with Crippen LogP contribution in [0.4, 0.5) is 0 Å². The lowest BCUT2D eigenvalue weighted by Gasteiger charge is -2.14. The number of aromatic carboxylic acids is 1. The van der Waals surface area contributed by atoms with Gasteiger partial charge in [-0.3, -0.25) is 4.79 Å². The molecule has 0 aliphatic rings. The molecule has 2 unspecified atom stereocenters. The van der Waals surface area contributed by atoms with E-state index in [1.165, 1.54) is 16.7 Å². The summed E-state index contributed by atoms with van der Waals surface area (Å²) in [5.74, 6) is 0.825. The van der Waals surface area contributed by atoms with Crippen LogP contribution in [-0.4, -0.2) is 28.0 Å². The van der Waals surface area contributed by atoms with E-state index < -0.39 is 18.1 Å². The van der Waals surface area contributed by atoms with Crippen molar-refractivity contribution in [2.24, 2.45) is 5.73 Å². The molecule has 0 radical (unpaired) electrons. The molecule has 7 heteroatoms. The summed E-state index contributed by atoms with van der Waals surface area (Å²) in [6.45, 7) is 1.70. The monoisotopic (exact) mass is 267 g/mol. The molecule has 4 N–H and O–H groups in total. The lowest BCUT2D eigenvalue weighted by Crippen LogP contribution is -2.41.